The van der Waals surface area contributed by atoms with Gasteiger partial charge in [-0.15, -0.1) is 0 Å². The molecule has 10 heteroatoms. The largest absolute Gasteiger partial charge is 0.452 e. The van der Waals surface area contributed by atoms with Crippen molar-refractivity contribution in [2.24, 2.45) is 0 Å². The molecule has 0 radical (unpaired) electrons. The number of carbonyl (C=O) groups is 1. The normalized spacial score (nSPS) is 15.0. The maximum absolute atomic E-state index is 12.8. The van der Waals surface area contributed by atoms with Gasteiger partial charge in [0.2, 0.25) is 15.9 Å². The van der Waals surface area contributed by atoms with Gasteiger partial charge in [0.15, 0.2) is 12.4 Å². The van der Waals surface area contributed by atoms with E-state index in [9.17, 15) is 13.2 Å². The standard InChI is InChI=1S/C21H19ClN2O6S/c22-18-7-6-16(31(26,27)24-8-10-28-11-9-24)12-17(18)21(25)29-14-20-23-13-19(30-20)15-4-2-1-3-5-15/h1-7,12-13H,8-11,14H2. The summed E-state index contributed by atoms with van der Waals surface area (Å²) in [5, 5.41) is 0.0864. The van der Waals surface area contributed by atoms with Crippen LogP contribution in [0.4, 0.5) is 0 Å². The van der Waals surface area contributed by atoms with Crippen LogP contribution < -0.4 is 0 Å². The zero-order chi connectivity index (χ0) is 21.8. The summed E-state index contributed by atoms with van der Waals surface area (Å²) in [6.07, 6.45) is 1.54. The Morgan fingerprint density at radius 1 is 1.13 bits per heavy atom. The van der Waals surface area contributed by atoms with Crippen LogP contribution in [0.25, 0.3) is 11.3 Å². The lowest BCUT2D eigenvalue weighted by Gasteiger charge is -2.26. The first-order valence-electron chi connectivity index (χ1n) is 9.50. The van der Waals surface area contributed by atoms with Crippen molar-refractivity contribution in [3.8, 4) is 11.3 Å². The van der Waals surface area contributed by atoms with Gasteiger partial charge in [-0.25, -0.2) is 18.2 Å². The molecular weight excluding hydrogens is 444 g/mol. The lowest BCUT2D eigenvalue weighted by Crippen LogP contribution is -2.40. The fraction of sp³-hybridized carbons (Fsp3) is 0.238. The number of nitrogens with zero attached hydrogens (tertiary/aromatic N) is 2. The molecule has 0 aliphatic carbocycles. The fourth-order valence-corrected chi connectivity index (χ4v) is 4.70. The average Bonchev–Trinajstić information content (AvgIpc) is 3.28. The topological polar surface area (TPSA) is 98.9 Å². The summed E-state index contributed by atoms with van der Waals surface area (Å²) >= 11 is 6.12. The lowest BCUT2D eigenvalue weighted by atomic mass is 10.2. The highest BCUT2D eigenvalue weighted by atomic mass is 35.5. The molecule has 1 aliphatic heterocycles. The third kappa shape index (κ3) is 4.80. The summed E-state index contributed by atoms with van der Waals surface area (Å²) in [5.41, 5.74) is 0.794. The summed E-state index contributed by atoms with van der Waals surface area (Å²) in [4.78, 5) is 16.6. The van der Waals surface area contributed by atoms with Crippen LogP contribution >= 0.6 is 11.6 Å². The van der Waals surface area contributed by atoms with Gasteiger partial charge in [0.25, 0.3) is 0 Å². The molecule has 3 aromatic rings. The van der Waals surface area contributed by atoms with Gasteiger partial charge >= 0.3 is 5.97 Å². The van der Waals surface area contributed by atoms with Crippen molar-refractivity contribution >= 4 is 27.6 Å². The zero-order valence-electron chi connectivity index (χ0n) is 16.4. The summed E-state index contributed by atoms with van der Waals surface area (Å²) in [5.74, 6) is -0.0211. The molecule has 8 nitrogen and oxygen atoms in total. The van der Waals surface area contributed by atoms with Crippen molar-refractivity contribution in [2.45, 2.75) is 11.5 Å². The maximum Gasteiger partial charge on any atom is 0.340 e. The molecule has 2 heterocycles. The Balaban J connectivity index is 1.47. The predicted octanol–water partition coefficient (Wildman–Crippen LogP) is 3.37. The number of rotatable bonds is 6. The number of halogens is 1. The number of hydrogen-bond acceptors (Lipinski definition) is 7. The maximum atomic E-state index is 12.8. The lowest BCUT2D eigenvalue weighted by molar-refractivity contribution is 0.0439. The summed E-state index contributed by atoms with van der Waals surface area (Å²) in [7, 11) is -3.77. The van der Waals surface area contributed by atoms with E-state index in [2.05, 4.69) is 4.98 Å². The van der Waals surface area contributed by atoms with E-state index >= 15 is 0 Å². The first-order valence-corrected chi connectivity index (χ1v) is 11.3. The number of aromatic nitrogens is 1. The van der Waals surface area contributed by atoms with Crippen LogP contribution in [-0.2, 0) is 26.1 Å². The van der Waals surface area contributed by atoms with Crippen LogP contribution in [0, 0.1) is 0 Å². The number of benzene rings is 2. The third-order valence-corrected chi connectivity index (χ3v) is 6.93. The van der Waals surface area contributed by atoms with Crippen molar-refractivity contribution in [3.05, 3.63) is 71.2 Å². The summed E-state index contributed by atoms with van der Waals surface area (Å²) in [6, 6.07) is 13.3. The molecule has 0 unspecified atom stereocenters. The van der Waals surface area contributed by atoms with Gasteiger partial charge < -0.3 is 13.9 Å². The van der Waals surface area contributed by atoms with Crippen molar-refractivity contribution in [1.29, 1.82) is 0 Å². The molecule has 0 bridgehead atoms. The molecule has 0 atom stereocenters. The Bertz CT molecular complexity index is 1170. The van der Waals surface area contributed by atoms with Crippen LogP contribution in [0.15, 0.2) is 64.0 Å². The molecule has 1 aromatic heterocycles. The van der Waals surface area contributed by atoms with Crippen LogP contribution in [0.3, 0.4) is 0 Å². The Morgan fingerprint density at radius 3 is 2.61 bits per heavy atom. The predicted molar refractivity (Wildman–Crippen MR) is 112 cm³/mol. The quantitative estimate of drug-likeness (QED) is 0.518. The smallest absolute Gasteiger partial charge is 0.340 e. The van der Waals surface area contributed by atoms with E-state index in [1.165, 1.54) is 22.5 Å². The second-order valence-electron chi connectivity index (χ2n) is 6.72. The van der Waals surface area contributed by atoms with E-state index < -0.39 is 16.0 Å². The van der Waals surface area contributed by atoms with E-state index in [-0.39, 0.29) is 41.1 Å². The number of morpholine rings is 1. The zero-order valence-corrected chi connectivity index (χ0v) is 17.9. The molecule has 0 spiro atoms. The molecule has 1 saturated heterocycles. The minimum Gasteiger partial charge on any atom is -0.452 e. The van der Waals surface area contributed by atoms with Crippen molar-refractivity contribution in [1.82, 2.24) is 9.29 Å². The number of esters is 1. The van der Waals surface area contributed by atoms with E-state index in [0.29, 0.717) is 19.0 Å². The summed E-state index contributed by atoms with van der Waals surface area (Å²) in [6.45, 7) is 0.922. The third-order valence-electron chi connectivity index (χ3n) is 4.70. The molecule has 162 valence electrons. The minimum atomic E-state index is -3.77. The molecule has 0 N–H and O–H groups in total. The molecule has 0 saturated carbocycles. The molecule has 31 heavy (non-hydrogen) atoms. The highest BCUT2D eigenvalue weighted by molar-refractivity contribution is 7.89. The summed E-state index contributed by atoms with van der Waals surface area (Å²) < 4.78 is 43.0. The van der Waals surface area contributed by atoms with E-state index in [1.54, 1.807) is 6.20 Å². The SMILES string of the molecule is O=C(OCc1ncc(-c2ccccc2)o1)c1cc(S(=O)(=O)N2CCOCC2)ccc1Cl. The highest BCUT2D eigenvalue weighted by Crippen LogP contribution is 2.25. The van der Waals surface area contributed by atoms with Gasteiger partial charge in [0.1, 0.15) is 0 Å². The van der Waals surface area contributed by atoms with Gasteiger partial charge in [-0.2, -0.15) is 4.31 Å². The van der Waals surface area contributed by atoms with Crippen molar-refractivity contribution in [2.75, 3.05) is 26.3 Å². The molecule has 1 aliphatic rings. The van der Waals surface area contributed by atoms with Crippen molar-refractivity contribution < 1.29 is 27.1 Å². The monoisotopic (exact) mass is 462 g/mol. The minimum absolute atomic E-state index is 0.0340. The number of hydrogen-bond donors (Lipinski definition) is 0. The van der Waals surface area contributed by atoms with Gasteiger partial charge in [0.05, 0.1) is 34.9 Å². The fourth-order valence-electron chi connectivity index (χ4n) is 3.08. The average molecular weight is 463 g/mol. The van der Waals surface area contributed by atoms with Gasteiger partial charge in [0, 0.05) is 18.7 Å². The van der Waals surface area contributed by atoms with Crippen LogP contribution in [-0.4, -0.2) is 50.0 Å². The van der Waals surface area contributed by atoms with E-state index in [1.807, 2.05) is 30.3 Å². The Hall–Kier alpha value is -2.72. The van der Waals surface area contributed by atoms with Crippen LogP contribution in [0.2, 0.25) is 5.02 Å². The highest BCUT2D eigenvalue weighted by Gasteiger charge is 2.28. The van der Waals surface area contributed by atoms with E-state index in [0.717, 1.165) is 5.56 Å². The van der Waals surface area contributed by atoms with Crippen LogP contribution in [0.1, 0.15) is 16.2 Å². The molecular formula is C21H19ClN2O6S. The van der Waals surface area contributed by atoms with Gasteiger partial charge in [-0.1, -0.05) is 41.9 Å². The molecule has 4 rings (SSSR count). The van der Waals surface area contributed by atoms with Crippen molar-refractivity contribution in [3.63, 3.8) is 0 Å². The molecule has 1 fully saturated rings. The van der Waals surface area contributed by atoms with Gasteiger partial charge in [-0.05, 0) is 18.2 Å². The number of carbonyl (C=O) groups excluding carboxylic acids is 1. The Morgan fingerprint density at radius 2 is 1.87 bits per heavy atom. The van der Waals surface area contributed by atoms with Crippen LogP contribution in [0.5, 0.6) is 0 Å². The Labute approximate surface area is 184 Å². The molecule has 0 amide bonds. The number of oxazole rings is 1. The first kappa shape index (κ1) is 21.5. The molecule has 2 aromatic carbocycles. The Kier molecular flexibility index (Phi) is 6.38. The van der Waals surface area contributed by atoms with Gasteiger partial charge in [-0.3, -0.25) is 0 Å². The van der Waals surface area contributed by atoms with E-state index in [4.69, 9.17) is 25.5 Å². The number of sulfonamides is 1. The first-order chi connectivity index (χ1) is 14.9. The second kappa shape index (κ2) is 9.19. The number of ether oxygens (including phenoxy) is 2. The second-order valence-corrected chi connectivity index (χ2v) is 9.06.